The molecule has 2 aliphatic heterocycles. The van der Waals surface area contributed by atoms with Crippen molar-refractivity contribution < 1.29 is 23.5 Å². The van der Waals surface area contributed by atoms with Gasteiger partial charge in [0.2, 0.25) is 5.88 Å². The third kappa shape index (κ3) is 4.25. The fourth-order valence-electron chi connectivity index (χ4n) is 6.60. The van der Waals surface area contributed by atoms with Crippen LogP contribution < -0.4 is 4.74 Å². The number of fused-ring (bicyclic) bond motifs is 2. The van der Waals surface area contributed by atoms with Crippen molar-refractivity contribution in [2.75, 3.05) is 33.4 Å². The highest BCUT2D eigenvalue weighted by atomic mass is 16.6. The molecule has 2 aliphatic carbocycles. The molecule has 1 saturated carbocycles. The summed E-state index contributed by atoms with van der Waals surface area (Å²) in [6.45, 7) is 4.72. The van der Waals surface area contributed by atoms with Gasteiger partial charge in [0.1, 0.15) is 18.0 Å². The smallest absolute Gasteiger partial charge is 0.217 e. The third-order valence-corrected chi connectivity index (χ3v) is 8.55. The number of rotatable bonds is 5. The molecule has 9 nitrogen and oxygen atoms in total. The highest BCUT2D eigenvalue weighted by Crippen LogP contribution is 2.47. The highest BCUT2D eigenvalue weighted by Gasteiger charge is 2.48. The number of ether oxygens (including phenoxy) is 3. The average molecular weight is 497 g/mol. The first-order chi connectivity index (χ1) is 17.5. The summed E-state index contributed by atoms with van der Waals surface area (Å²) >= 11 is 0. The van der Waals surface area contributed by atoms with Gasteiger partial charge in [-0.2, -0.15) is 4.98 Å². The second-order valence-electron chi connectivity index (χ2n) is 10.8. The van der Waals surface area contributed by atoms with E-state index in [1.54, 1.807) is 0 Å². The minimum atomic E-state index is -0.532. The van der Waals surface area contributed by atoms with Crippen molar-refractivity contribution in [3.8, 4) is 17.4 Å². The number of ketones is 1. The Labute approximate surface area is 211 Å². The summed E-state index contributed by atoms with van der Waals surface area (Å²) in [6.07, 6.45) is 7.99. The minimum absolute atomic E-state index is 0.0222. The first-order valence-electron chi connectivity index (χ1n) is 13.5. The van der Waals surface area contributed by atoms with Crippen LogP contribution in [0, 0.1) is 0 Å². The Morgan fingerprint density at radius 1 is 1.14 bits per heavy atom. The number of likely N-dealkylation sites (tertiary alicyclic amines) is 1. The molecule has 36 heavy (non-hydrogen) atoms. The van der Waals surface area contributed by atoms with Crippen LogP contribution in [0.2, 0.25) is 0 Å². The van der Waals surface area contributed by atoms with E-state index in [4.69, 9.17) is 28.7 Å². The van der Waals surface area contributed by atoms with E-state index in [1.165, 1.54) is 6.42 Å². The molecule has 2 aromatic rings. The molecule has 3 fully saturated rings. The van der Waals surface area contributed by atoms with Gasteiger partial charge in [-0.05, 0) is 65.5 Å². The Morgan fingerprint density at radius 3 is 2.81 bits per heavy atom. The molecular formula is C27H36N4O5. The first-order valence-corrected chi connectivity index (χ1v) is 13.5. The van der Waals surface area contributed by atoms with Crippen LogP contribution in [0.5, 0.6) is 5.88 Å². The lowest BCUT2D eigenvalue weighted by Crippen LogP contribution is -2.41. The van der Waals surface area contributed by atoms with E-state index in [2.05, 4.69) is 24.0 Å². The Hall–Kier alpha value is -2.36. The molecule has 0 aromatic carbocycles. The quantitative estimate of drug-likeness (QED) is 0.612. The summed E-state index contributed by atoms with van der Waals surface area (Å²) in [5.41, 5.74) is 1.79. The van der Waals surface area contributed by atoms with Crippen molar-refractivity contribution in [1.82, 2.24) is 20.0 Å². The third-order valence-electron chi connectivity index (χ3n) is 8.55. The molecule has 4 atom stereocenters. The number of carbonyl (C=O) groups is 1. The topological polar surface area (TPSA) is 99.8 Å². The fraction of sp³-hybridized carbons (Fsp3) is 0.704. The van der Waals surface area contributed by atoms with Gasteiger partial charge in [0.25, 0.3) is 0 Å². The van der Waals surface area contributed by atoms with Crippen LogP contribution in [0.25, 0.3) is 11.5 Å². The highest BCUT2D eigenvalue weighted by molar-refractivity contribution is 5.91. The van der Waals surface area contributed by atoms with Gasteiger partial charge < -0.3 is 18.7 Å². The summed E-state index contributed by atoms with van der Waals surface area (Å²) in [5.74, 6) is 2.00. The maximum absolute atomic E-state index is 13.1. The van der Waals surface area contributed by atoms with Gasteiger partial charge in [0.15, 0.2) is 17.3 Å². The van der Waals surface area contributed by atoms with Crippen molar-refractivity contribution in [2.24, 2.45) is 0 Å². The summed E-state index contributed by atoms with van der Waals surface area (Å²) in [6, 6.07) is 2.21. The number of carbonyl (C=O) groups excluding carboxylic acids is 1. The standard InChI is InChI=1S/C27H36N4O5/c1-17(20-8-6-12-31(20)2)35-23-15-19(21-16-33-13-14-34-21)28-26(29-23)24-18-7-5-11-27(25(18)36-30-24)10-4-3-9-22(27)32/h15,17,20-21H,3-14,16H2,1-2H3/t17-,20-,21?,27+/m0/s1. The Balaban J connectivity index is 1.37. The van der Waals surface area contributed by atoms with E-state index >= 15 is 0 Å². The molecule has 6 rings (SSSR count). The van der Waals surface area contributed by atoms with Crippen LogP contribution in [-0.4, -0.2) is 71.4 Å². The molecule has 4 heterocycles. The maximum atomic E-state index is 13.1. The van der Waals surface area contributed by atoms with E-state index in [9.17, 15) is 4.79 Å². The molecule has 4 aliphatic rings. The lowest BCUT2D eigenvalue weighted by atomic mass is 9.64. The van der Waals surface area contributed by atoms with Crippen LogP contribution in [0.15, 0.2) is 10.6 Å². The second kappa shape index (κ2) is 9.84. The number of hydrogen-bond donors (Lipinski definition) is 0. The zero-order chi connectivity index (χ0) is 24.7. The van der Waals surface area contributed by atoms with Gasteiger partial charge >= 0.3 is 0 Å². The molecule has 2 saturated heterocycles. The van der Waals surface area contributed by atoms with Gasteiger partial charge in [0, 0.05) is 24.1 Å². The fourth-order valence-corrected chi connectivity index (χ4v) is 6.60. The van der Waals surface area contributed by atoms with Crippen LogP contribution in [0.3, 0.4) is 0 Å². The molecule has 0 N–H and O–H groups in total. The molecule has 194 valence electrons. The summed E-state index contributed by atoms with van der Waals surface area (Å²) in [5, 5.41) is 4.46. The van der Waals surface area contributed by atoms with Gasteiger partial charge in [0.05, 0.1) is 30.9 Å². The van der Waals surface area contributed by atoms with Gasteiger partial charge in [-0.1, -0.05) is 11.6 Å². The molecule has 0 radical (unpaired) electrons. The SMILES string of the molecule is C[C@H](Oc1cc(C2COCCO2)nc(-c2noc3c2CCC[C@@]32CCCCC2=O)n1)[C@@H]1CCCN1C. The number of aromatic nitrogens is 3. The summed E-state index contributed by atoms with van der Waals surface area (Å²) in [4.78, 5) is 25.1. The van der Waals surface area contributed by atoms with E-state index in [1.807, 2.05) is 6.07 Å². The minimum Gasteiger partial charge on any atom is -0.473 e. The lowest BCUT2D eigenvalue weighted by molar-refractivity contribution is -0.128. The molecule has 1 spiro atoms. The van der Waals surface area contributed by atoms with E-state index in [0.29, 0.717) is 55.5 Å². The number of likely N-dealkylation sites (N-methyl/N-ethyl adjacent to an activating group) is 1. The normalized spacial score (nSPS) is 29.9. The van der Waals surface area contributed by atoms with Crippen molar-refractivity contribution >= 4 is 5.78 Å². The predicted octanol–water partition coefficient (Wildman–Crippen LogP) is 3.80. The van der Waals surface area contributed by atoms with E-state index < -0.39 is 5.41 Å². The lowest BCUT2D eigenvalue weighted by Gasteiger charge is -2.36. The molecule has 0 amide bonds. The molecule has 2 aromatic heterocycles. The van der Waals surface area contributed by atoms with Crippen LogP contribution in [0.1, 0.15) is 81.4 Å². The van der Waals surface area contributed by atoms with E-state index in [0.717, 1.165) is 68.5 Å². The zero-order valence-electron chi connectivity index (χ0n) is 21.3. The van der Waals surface area contributed by atoms with Crippen LogP contribution in [-0.2, 0) is 26.1 Å². The summed E-state index contributed by atoms with van der Waals surface area (Å²) in [7, 11) is 2.14. The summed E-state index contributed by atoms with van der Waals surface area (Å²) < 4.78 is 24.0. The largest absolute Gasteiger partial charge is 0.473 e. The number of nitrogens with zero attached hydrogens (tertiary/aromatic N) is 4. The second-order valence-corrected chi connectivity index (χ2v) is 10.8. The van der Waals surface area contributed by atoms with Crippen molar-refractivity contribution in [3.05, 3.63) is 23.1 Å². The predicted molar refractivity (Wildman–Crippen MR) is 131 cm³/mol. The van der Waals surface area contributed by atoms with Crippen molar-refractivity contribution in [1.29, 1.82) is 0 Å². The Morgan fingerprint density at radius 2 is 2.03 bits per heavy atom. The monoisotopic (exact) mass is 496 g/mol. The average Bonchev–Trinajstić information content (AvgIpc) is 3.53. The van der Waals surface area contributed by atoms with Crippen LogP contribution in [0.4, 0.5) is 0 Å². The van der Waals surface area contributed by atoms with E-state index in [-0.39, 0.29) is 12.2 Å². The molecule has 1 unspecified atom stereocenters. The Bertz CT molecular complexity index is 1110. The molecule has 0 bridgehead atoms. The molecular weight excluding hydrogens is 460 g/mol. The number of hydrogen-bond acceptors (Lipinski definition) is 9. The number of Topliss-reactive ketones (excluding diaryl/α,β-unsaturated/α-hetero) is 1. The van der Waals surface area contributed by atoms with Crippen molar-refractivity contribution in [2.45, 2.75) is 88.4 Å². The van der Waals surface area contributed by atoms with Crippen LogP contribution >= 0.6 is 0 Å². The van der Waals surface area contributed by atoms with Gasteiger partial charge in [-0.25, -0.2) is 4.98 Å². The van der Waals surface area contributed by atoms with Crippen molar-refractivity contribution in [3.63, 3.8) is 0 Å². The zero-order valence-corrected chi connectivity index (χ0v) is 21.3. The molecule has 9 heteroatoms. The van der Waals surface area contributed by atoms with Gasteiger partial charge in [-0.15, -0.1) is 0 Å². The maximum Gasteiger partial charge on any atom is 0.217 e. The Kier molecular flexibility index (Phi) is 6.56. The first kappa shape index (κ1) is 24.0. The van der Waals surface area contributed by atoms with Gasteiger partial charge in [-0.3, -0.25) is 9.69 Å².